The van der Waals surface area contributed by atoms with E-state index < -0.39 is 0 Å². The number of rotatable bonds is 5. The van der Waals surface area contributed by atoms with E-state index in [2.05, 4.69) is 46.4 Å². The zero-order valence-corrected chi connectivity index (χ0v) is 12.2. The van der Waals surface area contributed by atoms with Crippen molar-refractivity contribution in [1.29, 1.82) is 0 Å². The first-order chi connectivity index (χ1) is 9.15. The molecule has 0 spiro atoms. The predicted octanol–water partition coefficient (Wildman–Crippen LogP) is 1.31. The average Bonchev–Trinajstić information content (AvgIpc) is 2.39. The Kier molecular flexibility index (Phi) is 5.10. The molecule has 1 aromatic rings. The maximum Gasteiger partial charge on any atom is 0.222 e. The fourth-order valence-corrected chi connectivity index (χ4v) is 2.27. The third-order valence-corrected chi connectivity index (χ3v) is 3.57. The van der Waals surface area contributed by atoms with Gasteiger partial charge >= 0.3 is 0 Å². The summed E-state index contributed by atoms with van der Waals surface area (Å²) in [5.74, 6) is 1.21. The number of aromatic nitrogens is 2. The largest absolute Gasteiger partial charge is 0.354 e. The van der Waals surface area contributed by atoms with Crippen molar-refractivity contribution in [1.82, 2.24) is 20.2 Å². The summed E-state index contributed by atoms with van der Waals surface area (Å²) in [7, 11) is 2.18. The minimum atomic E-state index is 0.482. The average molecular weight is 263 g/mol. The molecule has 0 aromatic carbocycles. The molecule has 1 aromatic heterocycles. The van der Waals surface area contributed by atoms with E-state index in [0.717, 1.165) is 38.5 Å². The Labute approximate surface area is 115 Å². The lowest BCUT2D eigenvalue weighted by Gasteiger charge is -2.30. The molecular formula is C14H25N5. The smallest absolute Gasteiger partial charge is 0.222 e. The fraction of sp³-hybridized carbons (Fsp3) is 0.714. The van der Waals surface area contributed by atoms with Crippen LogP contribution in [0.25, 0.3) is 0 Å². The molecule has 1 unspecified atom stereocenters. The molecule has 0 saturated carbocycles. The van der Waals surface area contributed by atoms with Crippen LogP contribution in [0.1, 0.15) is 31.7 Å². The Morgan fingerprint density at radius 2 is 2.16 bits per heavy atom. The second-order valence-electron chi connectivity index (χ2n) is 5.62. The lowest BCUT2D eigenvalue weighted by molar-refractivity contribution is 0.234. The van der Waals surface area contributed by atoms with Crippen molar-refractivity contribution in [3.8, 4) is 0 Å². The van der Waals surface area contributed by atoms with Crippen LogP contribution in [0.5, 0.6) is 0 Å². The van der Waals surface area contributed by atoms with Crippen LogP contribution >= 0.6 is 0 Å². The van der Waals surface area contributed by atoms with E-state index in [9.17, 15) is 0 Å². The zero-order chi connectivity index (χ0) is 13.7. The molecule has 1 aliphatic rings. The second kappa shape index (κ2) is 6.82. The van der Waals surface area contributed by atoms with Crippen molar-refractivity contribution < 1.29 is 0 Å². The molecule has 5 nitrogen and oxygen atoms in total. The van der Waals surface area contributed by atoms with Gasteiger partial charge in [-0.25, -0.2) is 9.97 Å². The molecule has 2 heterocycles. The van der Waals surface area contributed by atoms with Gasteiger partial charge in [0, 0.05) is 44.6 Å². The van der Waals surface area contributed by atoms with Gasteiger partial charge in [0.05, 0.1) is 0 Å². The van der Waals surface area contributed by atoms with Crippen molar-refractivity contribution in [2.45, 2.75) is 32.2 Å². The predicted molar refractivity (Wildman–Crippen MR) is 78.5 cm³/mol. The molecule has 2 N–H and O–H groups in total. The lowest BCUT2D eigenvalue weighted by Crippen LogP contribution is -2.49. The molecule has 19 heavy (non-hydrogen) atoms. The van der Waals surface area contributed by atoms with E-state index in [4.69, 9.17) is 0 Å². The molecule has 106 valence electrons. The maximum absolute atomic E-state index is 4.34. The molecule has 0 aliphatic carbocycles. The summed E-state index contributed by atoms with van der Waals surface area (Å²) < 4.78 is 0. The zero-order valence-electron chi connectivity index (χ0n) is 12.2. The standard InChI is InChI=1S/C14H25N5/c1-11(2)12-8-17-14(18-9-12)16-5-4-13-10-19(3)7-6-15-13/h8-9,11,13,15H,4-7,10H2,1-3H3,(H,16,17,18). The van der Waals surface area contributed by atoms with Gasteiger partial charge in [-0.05, 0) is 24.9 Å². The normalized spacial score (nSPS) is 20.7. The highest BCUT2D eigenvalue weighted by Gasteiger charge is 2.15. The Morgan fingerprint density at radius 1 is 1.42 bits per heavy atom. The van der Waals surface area contributed by atoms with Crippen LogP contribution in [0.2, 0.25) is 0 Å². The molecule has 0 amide bonds. The van der Waals surface area contributed by atoms with Crippen LogP contribution in [0.15, 0.2) is 12.4 Å². The summed E-state index contributed by atoms with van der Waals surface area (Å²) in [6.07, 6.45) is 4.92. The maximum atomic E-state index is 4.34. The van der Waals surface area contributed by atoms with Crippen molar-refractivity contribution >= 4 is 5.95 Å². The van der Waals surface area contributed by atoms with E-state index in [1.54, 1.807) is 0 Å². The molecule has 5 heteroatoms. The minimum absolute atomic E-state index is 0.482. The third-order valence-electron chi connectivity index (χ3n) is 3.57. The molecule has 2 rings (SSSR count). The first kappa shape index (κ1) is 14.2. The van der Waals surface area contributed by atoms with Gasteiger partial charge in [-0.3, -0.25) is 0 Å². The number of hydrogen-bond donors (Lipinski definition) is 2. The number of likely N-dealkylation sites (N-methyl/N-ethyl adjacent to an activating group) is 1. The molecule has 1 aliphatic heterocycles. The van der Waals surface area contributed by atoms with Crippen LogP contribution in [0.4, 0.5) is 5.95 Å². The topological polar surface area (TPSA) is 53.1 Å². The van der Waals surface area contributed by atoms with Gasteiger partial charge in [0.1, 0.15) is 0 Å². The Morgan fingerprint density at radius 3 is 2.79 bits per heavy atom. The van der Waals surface area contributed by atoms with Gasteiger partial charge in [0.15, 0.2) is 0 Å². The van der Waals surface area contributed by atoms with Gasteiger partial charge in [0.25, 0.3) is 0 Å². The van der Waals surface area contributed by atoms with E-state index in [1.807, 2.05) is 12.4 Å². The van der Waals surface area contributed by atoms with Crippen molar-refractivity contribution in [2.75, 3.05) is 38.5 Å². The van der Waals surface area contributed by atoms with Gasteiger partial charge in [-0.15, -0.1) is 0 Å². The summed E-state index contributed by atoms with van der Waals surface area (Å²) in [6.45, 7) is 8.56. The highest BCUT2D eigenvalue weighted by atomic mass is 15.2. The molecule has 1 fully saturated rings. The lowest BCUT2D eigenvalue weighted by atomic mass is 10.1. The van der Waals surface area contributed by atoms with E-state index in [-0.39, 0.29) is 0 Å². The Balaban J connectivity index is 1.73. The van der Waals surface area contributed by atoms with E-state index in [0.29, 0.717) is 12.0 Å². The Bertz CT molecular complexity index is 376. The fourth-order valence-electron chi connectivity index (χ4n) is 2.27. The molecule has 0 bridgehead atoms. The first-order valence-corrected chi connectivity index (χ1v) is 7.13. The first-order valence-electron chi connectivity index (χ1n) is 7.13. The summed E-state index contributed by atoms with van der Waals surface area (Å²) in [5.41, 5.74) is 1.18. The highest BCUT2D eigenvalue weighted by molar-refractivity contribution is 5.25. The highest BCUT2D eigenvalue weighted by Crippen LogP contribution is 2.12. The van der Waals surface area contributed by atoms with Crippen molar-refractivity contribution in [3.05, 3.63) is 18.0 Å². The van der Waals surface area contributed by atoms with Crippen molar-refractivity contribution in [3.63, 3.8) is 0 Å². The summed E-state index contributed by atoms with van der Waals surface area (Å²) in [4.78, 5) is 11.1. The summed E-state index contributed by atoms with van der Waals surface area (Å²) in [6, 6.07) is 0.571. The van der Waals surface area contributed by atoms with Gasteiger partial charge in [-0.2, -0.15) is 0 Å². The minimum Gasteiger partial charge on any atom is -0.354 e. The number of hydrogen-bond acceptors (Lipinski definition) is 5. The molecule has 1 atom stereocenters. The number of anilines is 1. The number of nitrogens with one attached hydrogen (secondary N) is 2. The van der Waals surface area contributed by atoms with Crippen LogP contribution in [-0.2, 0) is 0 Å². The molecular weight excluding hydrogens is 238 g/mol. The molecule has 1 saturated heterocycles. The van der Waals surface area contributed by atoms with Crippen LogP contribution in [0, 0.1) is 0 Å². The summed E-state index contributed by atoms with van der Waals surface area (Å²) >= 11 is 0. The second-order valence-corrected chi connectivity index (χ2v) is 5.62. The Hall–Kier alpha value is -1.20. The summed E-state index contributed by atoms with van der Waals surface area (Å²) in [5, 5.41) is 6.83. The van der Waals surface area contributed by atoms with E-state index in [1.165, 1.54) is 5.56 Å². The monoisotopic (exact) mass is 263 g/mol. The SMILES string of the molecule is CC(C)c1cnc(NCCC2CN(C)CCN2)nc1. The molecule has 0 radical (unpaired) electrons. The van der Waals surface area contributed by atoms with E-state index >= 15 is 0 Å². The number of piperazine rings is 1. The third kappa shape index (κ3) is 4.44. The van der Waals surface area contributed by atoms with Crippen LogP contribution < -0.4 is 10.6 Å². The van der Waals surface area contributed by atoms with Crippen LogP contribution in [0.3, 0.4) is 0 Å². The van der Waals surface area contributed by atoms with Gasteiger partial charge < -0.3 is 15.5 Å². The van der Waals surface area contributed by atoms with Crippen molar-refractivity contribution in [2.24, 2.45) is 0 Å². The quantitative estimate of drug-likeness (QED) is 0.839. The number of nitrogens with zero attached hydrogens (tertiary/aromatic N) is 3. The van der Waals surface area contributed by atoms with Gasteiger partial charge in [0.2, 0.25) is 5.95 Å². The van der Waals surface area contributed by atoms with Crippen LogP contribution in [-0.4, -0.2) is 54.1 Å². The van der Waals surface area contributed by atoms with Gasteiger partial charge in [-0.1, -0.05) is 13.8 Å².